The lowest BCUT2D eigenvalue weighted by molar-refractivity contribution is 0.0940. The number of hydrogen-bond acceptors (Lipinski definition) is 2. The lowest BCUT2D eigenvalue weighted by Crippen LogP contribution is -2.27. The molecule has 0 radical (unpaired) electrons. The van der Waals surface area contributed by atoms with Gasteiger partial charge in [-0.3, -0.25) is 4.79 Å². The fourth-order valence-electron chi connectivity index (χ4n) is 2.16. The van der Waals surface area contributed by atoms with Crippen LogP contribution in [0.1, 0.15) is 35.8 Å². The zero-order valence-corrected chi connectivity index (χ0v) is 12.9. The molecule has 2 rings (SSSR count). The molecule has 0 saturated carbocycles. The number of nitrogens with one attached hydrogen (secondary N) is 2. The molecule has 0 aromatic heterocycles. The second-order valence-electron chi connectivity index (χ2n) is 4.83. The van der Waals surface area contributed by atoms with E-state index in [0.717, 1.165) is 17.8 Å². The summed E-state index contributed by atoms with van der Waals surface area (Å²) < 4.78 is 0. The fourth-order valence-corrected chi connectivity index (χ4v) is 2.36. The number of benzene rings is 2. The van der Waals surface area contributed by atoms with Crippen LogP contribution in [0.4, 0.5) is 5.69 Å². The Morgan fingerprint density at radius 2 is 1.95 bits per heavy atom. The highest BCUT2D eigenvalue weighted by Crippen LogP contribution is 2.20. The summed E-state index contributed by atoms with van der Waals surface area (Å²) in [4.78, 5) is 12.4. The number of rotatable bonds is 5. The van der Waals surface area contributed by atoms with E-state index < -0.39 is 0 Å². The molecule has 2 aromatic carbocycles. The first-order chi connectivity index (χ1) is 10.1. The van der Waals surface area contributed by atoms with Crippen molar-refractivity contribution in [1.82, 2.24) is 5.32 Å². The summed E-state index contributed by atoms with van der Waals surface area (Å²) in [7, 11) is 0. The zero-order chi connectivity index (χ0) is 15.2. The Kier molecular flexibility index (Phi) is 5.23. The van der Waals surface area contributed by atoms with E-state index in [1.54, 1.807) is 0 Å². The van der Waals surface area contributed by atoms with Crippen molar-refractivity contribution in [2.45, 2.75) is 19.9 Å². The molecule has 0 aliphatic heterocycles. The number of amides is 1. The molecule has 1 atom stereocenters. The highest BCUT2D eigenvalue weighted by molar-refractivity contribution is 6.30. The predicted molar refractivity (Wildman–Crippen MR) is 87.9 cm³/mol. The average Bonchev–Trinajstić information content (AvgIpc) is 2.48. The lowest BCUT2D eigenvalue weighted by Gasteiger charge is -2.16. The maximum absolute atomic E-state index is 12.4. The lowest BCUT2D eigenvalue weighted by atomic mass is 10.1. The third kappa shape index (κ3) is 3.99. The van der Waals surface area contributed by atoms with E-state index in [1.807, 2.05) is 62.4 Å². The minimum Gasteiger partial charge on any atom is -0.385 e. The molecule has 0 fully saturated rings. The molecular formula is C17H19ClN2O. The molecule has 21 heavy (non-hydrogen) atoms. The van der Waals surface area contributed by atoms with Crippen LogP contribution in [-0.4, -0.2) is 12.5 Å². The maximum atomic E-state index is 12.4. The van der Waals surface area contributed by atoms with Gasteiger partial charge in [-0.2, -0.15) is 0 Å². The van der Waals surface area contributed by atoms with Crippen LogP contribution in [0, 0.1) is 0 Å². The van der Waals surface area contributed by atoms with Crippen LogP contribution in [0.2, 0.25) is 5.02 Å². The monoisotopic (exact) mass is 302 g/mol. The minimum atomic E-state index is -0.106. The second kappa shape index (κ2) is 7.14. The summed E-state index contributed by atoms with van der Waals surface area (Å²) in [6.07, 6.45) is 0. The first kappa shape index (κ1) is 15.4. The summed E-state index contributed by atoms with van der Waals surface area (Å²) in [5.41, 5.74) is 2.47. The number of halogens is 1. The summed E-state index contributed by atoms with van der Waals surface area (Å²) in [6, 6.07) is 14.9. The largest absolute Gasteiger partial charge is 0.385 e. The molecule has 0 spiro atoms. The normalized spacial score (nSPS) is 11.8. The van der Waals surface area contributed by atoms with Crippen LogP contribution in [-0.2, 0) is 0 Å². The Hall–Kier alpha value is -2.00. The molecule has 1 amide bonds. The van der Waals surface area contributed by atoms with Gasteiger partial charge in [0.1, 0.15) is 0 Å². The number of carbonyl (C=O) groups excluding carboxylic acids is 1. The van der Waals surface area contributed by atoms with Gasteiger partial charge in [0.25, 0.3) is 5.91 Å². The van der Waals surface area contributed by atoms with Crippen molar-refractivity contribution < 1.29 is 4.79 Å². The van der Waals surface area contributed by atoms with E-state index in [4.69, 9.17) is 11.6 Å². The number of hydrogen-bond donors (Lipinski definition) is 2. The van der Waals surface area contributed by atoms with Gasteiger partial charge in [-0.05, 0) is 43.7 Å². The predicted octanol–water partition coefficient (Wildman–Crippen LogP) is 4.26. The first-order valence-electron chi connectivity index (χ1n) is 7.01. The second-order valence-corrected chi connectivity index (χ2v) is 5.26. The topological polar surface area (TPSA) is 41.1 Å². The van der Waals surface area contributed by atoms with E-state index in [0.29, 0.717) is 10.6 Å². The van der Waals surface area contributed by atoms with Crippen molar-refractivity contribution in [2.75, 3.05) is 11.9 Å². The molecule has 2 N–H and O–H groups in total. The Morgan fingerprint density at radius 3 is 2.67 bits per heavy atom. The van der Waals surface area contributed by atoms with Crippen LogP contribution >= 0.6 is 11.6 Å². The van der Waals surface area contributed by atoms with E-state index in [1.165, 1.54) is 0 Å². The van der Waals surface area contributed by atoms with E-state index in [-0.39, 0.29) is 11.9 Å². The standard InChI is InChI=1S/C17H19ClN2O/c1-3-19-16-10-5-4-9-15(16)17(21)20-12(2)13-7-6-8-14(18)11-13/h4-12,19H,3H2,1-2H3,(H,20,21). The third-order valence-corrected chi connectivity index (χ3v) is 3.47. The number of para-hydroxylation sites is 1. The molecular weight excluding hydrogens is 284 g/mol. The molecule has 0 heterocycles. The third-order valence-electron chi connectivity index (χ3n) is 3.24. The molecule has 0 aliphatic carbocycles. The SMILES string of the molecule is CCNc1ccccc1C(=O)NC(C)c1cccc(Cl)c1. The van der Waals surface area contributed by atoms with E-state index in [2.05, 4.69) is 10.6 Å². The molecule has 110 valence electrons. The Labute approximate surface area is 130 Å². The van der Waals surface area contributed by atoms with Gasteiger partial charge in [0, 0.05) is 17.3 Å². The van der Waals surface area contributed by atoms with Gasteiger partial charge in [-0.25, -0.2) is 0 Å². The average molecular weight is 303 g/mol. The Morgan fingerprint density at radius 1 is 1.19 bits per heavy atom. The van der Waals surface area contributed by atoms with Crippen LogP contribution in [0.5, 0.6) is 0 Å². The summed E-state index contributed by atoms with van der Waals surface area (Å²) in [5.74, 6) is -0.0981. The highest BCUT2D eigenvalue weighted by Gasteiger charge is 2.14. The summed E-state index contributed by atoms with van der Waals surface area (Å²) >= 11 is 5.99. The molecule has 0 saturated heterocycles. The fraction of sp³-hybridized carbons (Fsp3) is 0.235. The van der Waals surface area contributed by atoms with Gasteiger partial charge in [0.15, 0.2) is 0 Å². The van der Waals surface area contributed by atoms with Gasteiger partial charge in [-0.1, -0.05) is 35.9 Å². The van der Waals surface area contributed by atoms with Crippen molar-refractivity contribution >= 4 is 23.2 Å². The molecule has 0 bridgehead atoms. The Balaban J connectivity index is 2.14. The van der Waals surface area contributed by atoms with Crippen molar-refractivity contribution in [1.29, 1.82) is 0 Å². The smallest absolute Gasteiger partial charge is 0.253 e. The van der Waals surface area contributed by atoms with Crippen molar-refractivity contribution in [3.63, 3.8) is 0 Å². The molecule has 1 unspecified atom stereocenters. The van der Waals surface area contributed by atoms with Gasteiger partial charge >= 0.3 is 0 Å². The zero-order valence-electron chi connectivity index (χ0n) is 12.2. The van der Waals surface area contributed by atoms with Crippen LogP contribution < -0.4 is 10.6 Å². The number of carbonyl (C=O) groups is 1. The van der Waals surface area contributed by atoms with Gasteiger partial charge in [0.2, 0.25) is 0 Å². The van der Waals surface area contributed by atoms with Crippen LogP contribution in [0.25, 0.3) is 0 Å². The quantitative estimate of drug-likeness (QED) is 0.866. The highest BCUT2D eigenvalue weighted by atomic mass is 35.5. The van der Waals surface area contributed by atoms with Crippen LogP contribution in [0.15, 0.2) is 48.5 Å². The Bertz CT molecular complexity index is 628. The van der Waals surface area contributed by atoms with E-state index >= 15 is 0 Å². The van der Waals surface area contributed by atoms with Crippen LogP contribution in [0.3, 0.4) is 0 Å². The van der Waals surface area contributed by atoms with Crippen molar-refractivity contribution in [2.24, 2.45) is 0 Å². The summed E-state index contributed by atoms with van der Waals surface area (Å²) in [6.45, 7) is 4.72. The molecule has 3 nitrogen and oxygen atoms in total. The van der Waals surface area contributed by atoms with Crippen molar-refractivity contribution in [3.8, 4) is 0 Å². The van der Waals surface area contributed by atoms with Gasteiger partial charge in [-0.15, -0.1) is 0 Å². The molecule has 2 aromatic rings. The molecule has 0 aliphatic rings. The molecule has 4 heteroatoms. The maximum Gasteiger partial charge on any atom is 0.253 e. The van der Waals surface area contributed by atoms with E-state index in [9.17, 15) is 4.79 Å². The first-order valence-corrected chi connectivity index (χ1v) is 7.39. The van der Waals surface area contributed by atoms with Crippen molar-refractivity contribution in [3.05, 3.63) is 64.7 Å². The summed E-state index contributed by atoms with van der Waals surface area (Å²) in [5, 5.41) is 6.87. The number of anilines is 1. The van der Waals surface area contributed by atoms with Gasteiger partial charge < -0.3 is 10.6 Å². The minimum absolute atomic E-state index is 0.0981. The van der Waals surface area contributed by atoms with Gasteiger partial charge in [0.05, 0.1) is 11.6 Å².